The Balaban J connectivity index is -0.00000112. The first-order chi connectivity index (χ1) is 7.16. The Kier molecular flexibility index (Phi) is 12.6. The first-order valence-corrected chi connectivity index (χ1v) is 5.87. The predicted molar refractivity (Wildman–Crippen MR) is 82.7 cm³/mol. The summed E-state index contributed by atoms with van der Waals surface area (Å²) in [6, 6.07) is -0.391. The van der Waals surface area contributed by atoms with Crippen LogP contribution in [-0.2, 0) is 4.79 Å². The quantitative estimate of drug-likeness (QED) is 0.784. The molecule has 0 aliphatic rings. The highest BCUT2D eigenvalue weighted by atomic mass is 35.5. The van der Waals surface area contributed by atoms with Gasteiger partial charge in [-0.05, 0) is 40.3 Å². The summed E-state index contributed by atoms with van der Waals surface area (Å²) < 4.78 is 0. The zero-order valence-corrected chi connectivity index (χ0v) is 14.0. The van der Waals surface area contributed by atoms with Gasteiger partial charge in [0.1, 0.15) is 0 Å². The zero-order valence-electron chi connectivity index (χ0n) is 12.3. The molecular formula is C12H29Cl2N3O. The highest BCUT2D eigenvalue weighted by Gasteiger charge is 2.23. The Morgan fingerprint density at radius 3 is 2.06 bits per heavy atom. The Bertz CT molecular complexity index is 233. The van der Waals surface area contributed by atoms with E-state index in [1.807, 2.05) is 14.1 Å². The highest BCUT2D eigenvalue weighted by Crippen LogP contribution is 2.08. The fraction of sp³-hybridized carbons (Fsp3) is 0.917. The lowest BCUT2D eigenvalue weighted by molar-refractivity contribution is -0.123. The third kappa shape index (κ3) is 8.97. The van der Waals surface area contributed by atoms with Crippen LogP contribution in [0.15, 0.2) is 0 Å². The van der Waals surface area contributed by atoms with Crippen molar-refractivity contribution in [1.29, 1.82) is 0 Å². The first-order valence-electron chi connectivity index (χ1n) is 5.87. The van der Waals surface area contributed by atoms with Gasteiger partial charge in [0.2, 0.25) is 5.91 Å². The maximum atomic E-state index is 11.7. The van der Waals surface area contributed by atoms with Gasteiger partial charge in [-0.2, -0.15) is 0 Å². The molecule has 0 saturated heterocycles. The van der Waals surface area contributed by atoms with Crippen molar-refractivity contribution < 1.29 is 4.79 Å². The maximum absolute atomic E-state index is 11.7. The largest absolute Gasteiger partial charge is 0.353 e. The van der Waals surface area contributed by atoms with Crippen LogP contribution in [0.5, 0.6) is 0 Å². The van der Waals surface area contributed by atoms with E-state index in [-0.39, 0.29) is 36.3 Å². The van der Waals surface area contributed by atoms with E-state index in [2.05, 4.69) is 37.9 Å². The number of amides is 1. The molecule has 0 aromatic rings. The molecule has 0 bridgehead atoms. The summed E-state index contributed by atoms with van der Waals surface area (Å²) in [5, 5.41) is 2.90. The molecule has 0 heterocycles. The number of rotatable bonds is 6. The van der Waals surface area contributed by atoms with Gasteiger partial charge in [-0.1, -0.05) is 13.8 Å². The molecule has 0 radical (unpaired) electrons. The molecule has 6 heteroatoms. The van der Waals surface area contributed by atoms with Crippen LogP contribution in [0.3, 0.4) is 0 Å². The normalized spacial score (nSPS) is 12.7. The summed E-state index contributed by atoms with van der Waals surface area (Å²) >= 11 is 0. The lowest BCUT2D eigenvalue weighted by Crippen LogP contribution is -2.51. The molecule has 0 fully saturated rings. The van der Waals surface area contributed by atoms with Crippen LogP contribution in [0, 0.1) is 5.92 Å². The summed E-state index contributed by atoms with van der Waals surface area (Å²) in [5.41, 5.74) is 5.75. The Labute approximate surface area is 124 Å². The molecule has 18 heavy (non-hydrogen) atoms. The van der Waals surface area contributed by atoms with Crippen LogP contribution in [0.1, 0.15) is 34.1 Å². The van der Waals surface area contributed by atoms with Crippen molar-refractivity contribution in [3.05, 3.63) is 0 Å². The molecule has 3 N–H and O–H groups in total. The minimum atomic E-state index is -0.391. The molecule has 1 atom stereocenters. The molecule has 0 saturated carbocycles. The fourth-order valence-corrected chi connectivity index (χ4v) is 1.21. The van der Waals surface area contributed by atoms with Crippen molar-refractivity contribution in [3.63, 3.8) is 0 Å². The lowest BCUT2D eigenvalue weighted by atomic mass is 10.0. The van der Waals surface area contributed by atoms with Crippen LogP contribution in [0.25, 0.3) is 0 Å². The second-order valence-corrected chi connectivity index (χ2v) is 5.66. The molecular weight excluding hydrogens is 273 g/mol. The van der Waals surface area contributed by atoms with E-state index in [1.54, 1.807) is 0 Å². The van der Waals surface area contributed by atoms with E-state index >= 15 is 0 Å². The number of halogens is 2. The van der Waals surface area contributed by atoms with Crippen molar-refractivity contribution in [2.24, 2.45) is 11.7 Å². The van der Waals surface area contributed by atoms with Crippen molar-refractivity contribution in [2.75, 3.05) is 20.6 Å². The first kappa shape index (κ1) is 23.1. The van der Waals surface area contributed by atoms with Gasteiger partial charge in [-0.25, -0.2) is 0 Å². The summed E-state index contributed by atoms with van der Waals surface area (Å²) in [5.74, 6) is 0.395. The zero-order chi connectivity index (χ0) is 12.9. The average molecular weight is 302 g/mol. The Morgan fingerprint density at radius 2 is 1.72 bits per heavy atom. The van der Waals surface area contributed by atoms with Gasteiger partial charge in [-0.15, -0.1) is 24.8 Å². The number of carbonyl (C=O) groups is 1. The second-order valence-electron chi connectivity index (χ2n) is 5.66. The van der Waals surface area contributed by atoms with Crippen LogP contribution in [-0.4, -0.2) is 43.0 Å². The minimum Gasteiger partial charge on any atom is -0.353 e. The van der Waals surface area contributed by atoms with Crippen molar-refractivity contribution >= 4 is 30.7 Å². The summed E-state index contributed by atoms with van der Waals surface area (Å²) in [6.07, 6.45) is 0.730. The molecule has 0 unspecified atom stereocenters. The Morgan fingerprint density at radius 1 is 1.28 bits per heavy atom. The van der Waals surface area contributed by atoms with E-state index in [0.29, 0.717) is 12.5 Å². The van der Waals surface area contributed by atoms with Crippen molar-refractivity contribution in [2.45, 2.75) is 45.7 Å². The summed E-state index contributed by atoms with van der Waals surface area (Å²) in [6.45, 7) is 8.92. The molecule has 0 aromatic heterocycles. The fourth-order valence-electron chi connectivity index (χ4n) is 1.21. The molecule has 0 aliphatic carbocycles. The summed E-state index contributed by atoms with van der Waals surface area (Å²) in [7, 11) is 4.00. The number of nitrogens with two attached hydrogens (primary N) is 1. The van der Waals surface area contributed by atoms with Crippen LogP contribution in [0.4, 0.5) is 0 Å². The van der Waals surface area contributed by atoms with Gasteiger partial charge < -0.3 is 16.0 Å². The van der Waals surface area contributed by atoms with Gasteiger partial charge >= 0.3 is 0 Å². The molecule has 0 rings (SSSR count). The second kappa shape index (κ2) is 9.84. The average Bonchev–Trinajstić information content (AvgIpc) is 2.12. The number of nitrogens with zero attached hydrogens (tertiary/aromatic N) is 1. The molecule has 1 amide bonds. The van der Waals surface area contributed by atoms with E-state index in [4.69, 9.17) is 5.73 Å². The third-order valence-electron chi connectivity index (χ3n) is 2.97. The predicted octanol–water partition coefficient (Wildman–Crippen LogP) is 1.66. The van der Waals surface area contributed by atoms with E-state index < -0.39 is 6.04 Å². The maximum Gasteiger partial charge on any atom is 0.236 e. The van der Waals surface area contributed by atoms with Gasteiger partial charge in [0.15, 0.2) is 0 Å². The van der Waals surface area contributed by atoms with Crippen LogP contribution in [0.2, 0.25) is 0 Å². The molecule has 0 aliphatic heterocycles. The topological polar surface area (TPSA) is 58.4 Å². The number of hydrogen-bond acceptors (Lipinski definition) is 3. The van der Waals surface area contributed by atoms with Crippen molar-refractivity contribution in [1.82, 2.24) is 10.2 Å². The molecule has 4 nitrogen and oxygen atoms in total. The van der Waals surface area contributed by atoms with E-state index in [9.17, 15) is 4.79 Å². The third-order valence-corrected chi connectivity index (χ3v) is 2.97. The molecule has 0 aromatic carbocycles. The number of nitrogens with one attached hydrogen (secondary N) is 1. The number of hydrogen-bond donors (Lipinski definition) is 2. The molecule has 112 valence electrons. The smallest absolute Gasteiger partial charge is 0.236 e. The standard InChI is InChI=1S/C12H27N3O.2ClH/c1-9(2)7-10(13)11(16)14-8-12(3,4)15(5)6;;/h9-10H,7-8,13H2,1-6H3,(H,14,16);2*1H/t10-;;/m0../s1. The molecule has 0 spiro atoms. The van der Waals surface area contributed by atoms with Gasteiger partial charge in [0, 0.05) is 12.1 Å². The van der Waals surface area contributed by atoms with Crippen LogP contribution >= 0.6 is 24.8 Å². The Hall–Kier alpha value is -0.0300. The lowest BCUT2D eigenvalue weighted by Gasteiger charge is -2.33. The van der Waals surface area contributed by atoms with E-state index in [1.165, 1.54) is 0 Å². The van der Waals surface area contributed by atoms with Gasteiger partial charge in [0.05, 0.1) is 6.04 Å². The highest BCUT2D eigenvalue weighted by molar-refractivity contribution is 5.85. The van der Waals surface area contributed by atoms with Gasteiger partial charge in [-0.3, -0.25) is 4.79 Å². The summed E-state index contributed by atoms with van der Waals surface area (Å²) in [4.78, 5) is 13.8. The van der Waals surface area contributed by atoms with Crippen LogP contribution < -0.4 is 11.1 Å². The number of carbonyl (C=O) groups excluding carboxylic acids is 1. The van der Waals surface area contributed by atoms with Gasteiger partial charge in [0.25, 0.3) is 0 Å². The SMILES string of the molecule is CC(C)C[C@H](N)C(=O)NCC(C)(C)N(C)C.Cl.Cl. The van der Waals surface area contributed by atoms with E-state index in [0.717, 1.165) is 6.42 Å². The van der Waals surface area contributed by atoms with Crippen molar-refractivity contribution in [3.8, 4) is 0 Å². The monoisotopic (exact) mass is 301 g/mol. The minimum absolute atomic E-state index is 0. The number of likely N-dealkylation sites (N-methyl/N-ethyl adjacent to an activating group) is 1.